The summed E-state index contributed by atoms with van der Waals surface area (Å²) in [6, 6.07) is 10.4. The molecule has 3 rings (SSSR count). The van der Waals surface area contributed by atoms with Crippen LogP contribution in [0.3, 0.4) is 0 Å². The van der Waals surface area contributed by atoms with Gasteiger partial charge in [-0.25, -0.2) is 4.39 Å². The zero-order chi connectivity index (χ0) is 18.5. The van der Waals surface area contributed by atoms with Crippen molar-refractivity contribution in [2.75, 3.05) is 6.79 Å². The number of carbonyl (C=O) groups is 2. The van der Waals surface area contributed by atoms with Crippen LogP contribution in [0.2, 0.25) is 0 Å². The van der Waals surface area contributed by atoms with E-state index in [0.29, 0.717) is 23.6 Å². The van der Waals surface area contributed by atoms with Crippen LogP contribution < -0.4 is 20.1 Å². The molecule has 26 heavy (non-hydrogen) atoms. The molecule has 0 saturated heterocycles. The molecule has 6 nitrogen and oxygen atoms in total. The number of hydrogen-bond acceptors (Lipinski definition) is 4. The highest BCUT2D eigenvalue weighted by molar-refractivity contribution is 5.88. The highest BCUT2D eigenvalue weighted by Gasteiger charge is 2.17. The molecule has 2 aromatic rings. The maximum atomic E-state index is 12.9. The summed E-state index contributed by atoms with van der Waals surface area (Å²) in [6.07, 6.45) is 0.0834. The van der Waals surface area contributed by atoms with Gasteiger partial charge in [-0.1, -0.05) is 18.2 Å². The van der Waals surface area contributed by atoms with Crippen molar-refractivity contribution < 1.29 is 23.5 Å². The number of carbonyl (C=O) groups excluding carboxylic acids is 2. The third kappa shape index (κ3) is 4.50. The average Bonchev–Trinajstić information content (AvgIpc) is 3.09. The quantitative estimate of drug-likeness (QED) is 0.827. The molecular formula is C19H19FN2O4. The maximum Gasteiger partial charge on any atom is 0.242 e. The minimum atomic E-state index is -0.683. The first-order chi connectivity index (χ1) is 12.5. The first kappa shape index (κ1) is 17.7. The lowest BCUT2D eigenvalue weighted by Crippen LogP contribution is -2.45. The molecule has 1 aliphatic heterocycles. The maximum absolute atomic E-state index is 12.9. The van der Waals surface area contributed by atoms with Crippen LogP contribution in [0.15, 0.2) is 42.5 Å². The summed E-state index contributed by atoms with van der Waals surface area (Å²) in [5, 5.41) is 5.40. The van der Waals surface area contributed by atoms with Gasteiger partial charge >= 0.3 is 0 Å². The summed E-state index contributed by atoms with van der Waals surface area (Å²) in [5.41, 5.74) is 1.55. The standard InChI is InChI=1S/C19H19FN2O4/c1-12(22-18(23)9-13-2-5-15(20)6-3-13)19(24)21-10-14-4-7-16-17(8-14)26-11-25-16/h2-8,12H,9-11H2,1H3,(H,21,24)(H,22,23)/t12-/m0/s1. The first-order valence-corrected chi connectivity index (χ1v) is 8.21. The molecule has 0 aliphatic carbocycles. The molecule has 7 heteroatoms. The first-order valence-electron chi connectivity index (χ1n) is 8.21. The predicted octanol–water partition coefficient (Wildman–Crippen LogP) is 1.92. The number of hydrogen-bond donors (Lipinski definition) is 2. The van der Waals surface area contributed by atoms with Crippen LogP contribution in [-0.4, -0.2) is 24.6 Å². The Bertz CT molecular complexity index is 808. The Labute approximate surface area is 150 Å². The molecule has 1 heterocycles. The fraction of sp³-hybridized carbons (Fsp3) is 0.263. The molecule has 0 aromatic heterocycles. The number of benzene rings is 2. The van der Waals surface area contributed by atoms with Crippen LogP contribution in [-0.2, 0) is 22.6 Å². The Morgan fingerprint density at radius 3 is 2.54 bits per heavy atom. The van der Waals surface area contributed by atoms with Gasteiger partial charge in [0.2, 0.25) is 18.6 Å². The van der Waals surface area contributed by atoms with E-state index in [2.05, 4.69) is 10.6 Å². The number of fused-ring (bicyclic) bond motifs is 1. The molecule has 0 spiro atoms. The molecule has 2 aromatic carbocycles. The van der Waals surface area contributed by atoms with E-state index in [1.807, 2.05) is 6.07 Å². The molecule has 0 radical (unpaired) electrons. The lowest BCUT2D eigenvalue weighted by atomic mass is 10.1. The third-order valence-corrected chi connectivity index (χ3v) is 3.95. The Morgan fingerprint density at radius 1 is 1.08 bits per heavy atom. The van der Waals surface area contributed by atoms with E-state index in [1.165, 1.54) is 12.1 Å². The average molecular weight is 358 g/mol. The minimum Gasteiger partial charge on any atom is -0.454 e. The number of ether oxygens (including phenoxy) is 2. The van der Waals surface area contributed by atoms with Crippen molar-refractivity contribution in [1.29, 1.82) is 0 Å². The van der Waals surface area contributed by atoms with Gasteiger partial charge < -0.3 is 20.1 Å². The van der Waals surface area contributed by atoms with Crippen LogP contribution in [0.5, 0.6) is 11.5 Å². The van der Waals surface area contributed by atoms with E-state index in [9.17, 15) is 14.0 Å². The fourth-order valence-electron chi connectivity index (χ4n) is 2.54. The summed E-state index contributed by atoms with van der Waals surface area (Å²) in [4.78, 5) is 24.2. The Hall–Kier alpha value is -3.09. The van der Waals surface area contributed by atoms with Crippen LogP contribution in [0.25, 0.3) is 0 Å². The molecule has 0 saturated carbocycles. The summed E-state index contributed by atoms with van der Waals surface area (Å²) in [5.74, 6) is 0.377. The van der Waals surface area contributed by atoms with Gasteiger partial charge in [0, 0.05) is 6.54 Å². The molecule has 2 amide bonds. The van der Waals surface area contributed by atoms with Gasteiger partial charge in [-0.3, -0.25) is 9.59 Å². The summed E-state index contributed by atoms with van der Waals surface area (Å²) in [6.45, 7) is 2.12. The zero-order valence-electron chi connectivity index (χ0n) is 14.3. The molecule has 0 bridgehead atoms. The summed E-state index contributed by atoms with van der Waals surface area (Å²) in [7, 11) is 0. The van der Waals surface area contributed by atoms with Crippen LogP contribution in [0, 0.1) is 5.82 Å². The number of amides is 2. The van der Waals surface area contributed by atoms with E-state index >= 15 is 0 Å². The Balaban J connectivity index is 1.46. The van der Waals surface area contributed by atoms with E-state index in [0.717, 1.165) is 5.56 Å². The minimum absolute atomic E-state index is 0.0834. The van der Waals surface area contributed by atoms with Crippen molar-refractivity contribution in [2.24, 2.45) is 0 Å². The zero-order valence-corrected chi connectivity index (χ0v) is 14.3. The second-order valence-corrected chi connectivity index (χ2v) is 6.00. The molecule has 1 atom stereocenters. The lowest BCUT2D eigenvalue weighted by molar-refractivity contribution is -0.128. The van der Waals surface area contributed by atoms with Crippen LogP contribution in [0.4, 0.5) is 4.39 Å². The Kier molecular flexibility index (Phi) is 5.36. The molecule has 0 fully saturated rings. The topological polar surface area (TPSA) is 76.7 Å². The monoisotopic (exact) mass is 358 g/mol. The van der Waals surface area contributed by atoms with Crippen molar-refractivity contribution in [3.05, 3.63) is 59.4 Å². The summed E-state index contributed by atoms with van der Waals surface area (Å²) >= 11 is 0. The SMILES string of the molecule is C[C@H](NC(=O)Cc1ccc(F)cc1)C(=O)NCc1ccc2c(c1)OCO2. The number of halogens is 1. The fourth-order valence-corrected chi connectivity index (χ4v) is 2.54. The van der Waals surface area contributed by atoms with E-state index < -0.39 is 6.04 Å². The second kappa shape index (κ2) is 7.86. The molecule has 2 N–H and O–H groups in total. The van der Waals surface area contributed by atoms with Gasteiger partial charge in [-0.15, -0.1) is 0 Å². The van der Waals surface area contributed by atoms with Crippen LogP contribution >= 0.6 is 0 Å². The molecule has 0 unspecified atom stereocenters. The van der Waals surface area contributed by atoms with Crippen molar-refractivity contribution in [3.63, 3.8) is 0 Å². The van der Waals surface area contributed by atoms with Crippen molar-refractivity contribution >= 4 is 11.8 Å². The van der Waals surface area contributed by atoms with Crippen LogP contribution in [0.1, 0.15) is 18.1 Å². The second-order valence-electron chi connectivity index (χ2n) is 6.00. The normalized spacial score (nSPS) is 13.2. The van der Waals surface area contributed by atoms with Gasteiger partial charge in [0.1, 0.15) is 11.9 Å². The number of rotatable bonds is 6. The van der Waals surface area contributed by atoms with E-state index in [1.54, 1.807) is 31.2 Å². The van der Waals surface area contributed by atoms with Gasteiger partial charge in [0.15, 0.2) is 11.5 Å². The van der Waals surface area contributed by atoms with E-state index in [4.69, 9.17) is 9.47 Å². The molecule has 1 aliphatic rings. The van der Waals surface area contributed by atoms with Crippen molar-refractivity contribution in [1.82, 2.24) is 10.6 Å². The summed E-state index contributed by atoms with van der Waals surface area (Å²) < 4.78 is 23.4. The van der Waals surface area contributed by atoms with E-state index in [-0.39, 0.29) is 30.8 Å². The van der Waals surface area contributed by atoms with Gasteiger partial charge in [-0.05, 0) is 42.3 Å². The van der Waals surface area contributed by atoms with Gasteiger partial charge in [0.25, 0.3) is 0 Å². The van der Waals surface area contributed by atoms with Gasteiger partial charge in [-0.2, -0.15) is 0 Å². The van der Waals surface area contributed by atoms with Gasteiger partial charge in [0.05, 0.1) is 6.42 Å². The van der Waals surface area contributed by atoms with Crippen molar-refractivity contribution in [2.45, 2.75) is 25.9 Å². The van der Waals surface area contributed by atoms with Crippen molar-refractivity contribution in [3.8, 4) is 11.5 Å². The smallest absolute Gasteiger partial charge is 0.242 e. The molecule has 136 valence electrons. The Morgan fingerprint density at radius 2 is 1.77 bits per heavy atom. The lowest BCUT2D eigenvalue weighted by Gasteiger charge is -2.14. The largest absolute Gasteiger partial charge is 0.454 e. The molecular weight excluding hydrogens is 339 g/mol. The highest BCUT2D eigenvalue weighted by atomic mass is 19.1. The predicted molar refractivity (Wildman–Crippen MR) is 92.1 cm³/mol. The highest BCUT2D eigenvalue weighted by Crippen LogP contribution is 2.32. The number of nitrogens with one attached hydrogen (secondary N) is 2. The third-order valence-electron chi connectivity index (χ3n) is 3.95.